The molecule has 0 aromatic heterocycles. The van der Waals surface area contributed by atoms with Crippen LogP contribution in [0, 0.1) is 27.7 Å². The van der Waals surface area contributed by atoms with Gasteiger partial charge >= 0.3 is 5.97 Å². The molecule has 0 bridgehead atoms. The zero-order chi connectivity index (χ0) is 14.0. The summed E-state index contributed by atoms with van der Waals surface area (Å²) in [5.74, 6) is -0.162. The number of ether oxygens (including phenoxy) is 1. The van der Waals surface area contributed by atoms with Gasteiger partial charge in [0.25, 0.3) is 0 Å². The summed E-state index contributed by atoms with van der Waals surface area (Å²) in [6, 6.07) is 2.72. The van der Waals surface area contributed by atoms with E-state index >= 15 is 0 Å². The molecule has 1 saturated carbocycles. The van der Waals surface area contributed by atoms with Crippen molar-refractivity contribution in [3.63, 3.8) is 0 Å². The topological polar surface area (TPSA) is 38.3 Å². The predicted molar refractivity (Wildman–Crippen MR) is 76.2 cm³/mol. The number of carbonyl (C=O) groups is 1. The number of hydrogen-bond donors (Lipinski definition) is 1. The first-order chi connectivity index (χ1) is 8.99. The van der Waals surface area contributed by atoms with Crippen molar-refractivity contribution in [1.29, 1.82) is 0 Å². The maximum Gasteiger partial charge on any atom is 0.320 e. The van der Waals surface area contributed by atoms with Crippen LogP contribution in [0.15, 0.2) is 6.07 Å². The zero-order valence-corrected chi connectivity index (χ0v) is 12.3. The molecule has 104 valence electrons. The number of aryl methyl sites for hydroxylation is 2. The molecular formula is C16H23NO2. The van der Waals surface area contributed by atoms with Crippen LogP contribution in [-0.4, -0.2) is 18.6 Å². The van der Waals surface area contributed by atoms with Crippen molar-refractivity contribution < 1.29 is 9.53 Å². The Hall–Kier alpha value is -1.35. The second-order valence-corrected chi connectivity index (χ2v) is 5.55. The maximum absolute atomic E-state index is 11.7. The lowest BCUT2D eigenvalue weighted by Crippen LogP contribution is -2.26. The van der Waals surface area contributed by atoms with E-state index in [0.717, 1.165) is 5.56 Å². The first-order valence-corrected chi connectivity index (χ1v) is 6.94. The molecule has 1 fully saturated rings. The Bertz CT molecular complexity index is 464. The lowest BCUT2D eigenvalue weighted by atomic mass is 9.95. The van der Waals surface area contributed by atoms with Gasteiger partial charge in [-0.1, -0.05) is 6.07 Å². The van der Waals surface area contributed by atoms with Gasteiger partial charge in [0.15, 0.2) is 0 Å². The van der Waals surface area contributed by atoms with Gasteiger partial charge in [0.1, 0.15) is 6.61 Å². The van der Waals surface area contributed by atoms with Crippen LogP contribution in [0.25, 0.3) is 0 Å². The van der Waals surface area contributed by atoms with E-state index in [4.69, 9.17) is 4.74 Å². The molecule has 0 atom stereocenters. The summed E-state index contributed by atoms with van der Waals surface area (Å²) in [5, 5.41) is 3.17. The highest BCUT2D eigenvalue weighted by molar-refractivity contribution is 5.71. The van der Waals surface area contributed by atoms with Gasteiger partial charge in [-0.05, 0) is 68.4 Å². The number of carbonyl (C=O) groups excluding carboxylic acids is 1. The fraction of sp³-hybridized carbons (Fsp3) is 0.562. The molecule has 1 aliphatic rings. The van der Waals surface area contributed by atoms with Crippen molar-refractivity contribution in [2.75, 3.05) is 6.54 Å². The van der Waals surface area contributed by atoms with Crippen molar-refractivity contribution in [2.45, 2.75) is 53.2 Å². The average Bonchev–Trinajstić information content (AvgIpc) is 3.18. The lowest BCUT2D eigenvalue weighted by molar-refractivity contribution is -0.143. The normalized spacial score (nSPS) is 14.5. The quantitative estimate of drug-likeness (QED) is 0.828. The molecule has 2 rings (SSSR count). The molecule has 0 aliphatic heterocycles. The Morgan fingerprint density at radius 2 is 1.79 bits per heavy atom. The zero-order valence-electron chi connectivity index (χ0n) is 12.3. The number of esters is 1. The highest BCUT2D eigenvalue weighted by atomic mass is 16.5. The van der Waals surface area contributed by atoms with Gasteiger partial charge in [-0.25, -0.2) is 0 Å². The molecule has 0 radical (unpaired) electrons. The monoisotopic (exact) mass is 261 g/mol. The minimum Gasteiger partial charge on any atom is -0.460 e. The van der Waals surface area contributed by atoms with Crippen molar-refractivity contribution in [3.05, 3.63) is 33.9 Å². The SMILES string of the molecule is Cc1cc(C)c(C)c(COC(=O)CNC2CC2)c1C. The van der Waals surface area contributed by atoms with E-state index in [1.807, 2.05) is 0 Å². The smallest absolute Gasteiger partial charge is 0.320 e. The molecular weight excluding hydrogens is 238 g/mol. The molecule has 3 nitrogen and oxygen atoms in total. The van der Waals surface area contributed by atoms with E-state index in [1.165, 1.54) is 35.1 Å². The van der Waals surface area contributed by atoms with E-state index in [-0.39, 0.29) is 5.97 Å². The van der Waals surface area contributed by atoms with E-state index in [2.05, 4.69) is 39.1 Å². The van der Waals surface area contributed by atoms with Gasteiger partial charge in [-0.15, -0.1) is 0 Å². The summed E-state index contributed by atoms with van der Waals surface area (Å²) in [5.41, 5.74) is 6.12. The minimum atomic E-state index is -0.162. The fourth-order valence-electron chi connectivity index (χ4n) is 2.23. The van der Waals surface area contributed by atoms with Gasteiger partial charge in [-0.2, -0.15) is 0 Å². The van der Waals surface area contributed by atoms with Crippen LogP contribution in [0.2, 0.25) is 0 Å². The Balaban J connectivity index is 1.96. The number of hydrogen-bond acceptors (Lipinski definition) is 3. The minimum absolute atomic E-state index is 0.162. The first-order valence-electron chi connectivity index (χ1n) is 6.94. The third kappa shape index (κ3) is 3.57. The van der Waals surface area contributed by atoms with Crippen molar-refractivity contribution in [2.24, 2.45) is 0 Å². The summed E-state index contributed by atoms with van der Waals surface area (Å²) in [4.78, 5) is 11.7. The average molecular weight is 261 g/mol. The molecule has 0 spiro atoms. The fourth-order valence-corrected chi connectivity index (χ4v) is 2.23. The molecule has 1 aliphatic carbocycles. The van der Waals surface area contributed by atoms with Crippen LogP contribution >= 0.6 is 0 Å². The Labute approximate surface area is 115 Å². The van der Waals surface area contributed by atoms with Crippen molar-refractivity contribution in [3.8, 4) is 0 Å². The van der Waals surface area contributed by atoms with E-state index in [9.17, 15) is 4.79 Å². The summed E-state index contributed by atoms with van der Waals surface area (Å²) in [6.07, 6.45) is 2.37. The van der Waals surface area contributed by atoms with Crippen LogP contribution in [-0.2, 0) is 16.1 Å². The highest BCUT2D eigenvalue weighted by Crippen LogP contribution is 2.22. The van der Waals surface area contributed by atoms with Crippen molar-refractivity contribution in [1.82, 2.24) is 5.32 Å². The predicted octanol–water partition coefficient (Wildman–Crippen LogP) is 2.72. The Kier molecular flexibility index (Phi) is 4.25. The third-order valence-electron chi connectivity index (χ3n) is 4.01. The summed E-state index contributed by atoms with van der Waals surface area (Å²) >= 11 is 0. The Morgan fingerprint density at radius 3 is 2.32 bits per heavy atom. The van der Waals surface area contributed by atoms with Gasteiger partial charge in [0, 0.05) is 6.04 Å². The molecule has 3 heteroatoms. The third-order valence-corrected chi connectivity index (χ3v) is 4.01. The van der Waals surface area contributed by atoms with Gasteiger partial charge in [0.05, 0.1) is 6.54 Å². The number of benzene rings is 1. The van der Waals surface area contributed by atoms with E-state index < -0.39 is 0 Å². The van der Waals surface area contributed by atoms with Gasteiger partial charge in [-0.3, -0.25) is 4.79 Å². The largest absolute Gasteiger partial charge is 0.460 e. The summed E-state index contributed by atoms with van der Waals surface area (Å²) < 4.78 is 5.38. The summed E-state index contributed by atoms with van der Waals surface area (Å²) in [7, 11) is 0. The van der Waals surface area contributed by atoms with Crippen LogP contribution in [0.5, 0.6) is 0 Å². The van der Waals surface area contributed by atoms with Crippen LogP contribution < -0.4 is 5.32 Å². The molecule has 1 N–H and O–H groups in total. The van der Waals surface area contributed by atoms with Gasteiger partial charge < -0.3 is 10.1 Å². The number of rotatable bonds is 5. The van der Waals surface area contributed by atoms with Crippen LogP contribution in [0.3, 0.4) is 0 Å². The molecule has 1 aromatic rings. The van der Waals surface area contributed by atoms with E-state index in [0.29, 0.717) is 19.2 Å². The molecule has 0 saturated heterocycles. The first kappa shape index (κ1) is 14.1. The number of nitrogens with one attached hydrogen (secondary N) is 1. The Morgan fingerprint density at radius 1 is 1.21 bits per heavy atom. The molecule has 0 heterocycles. The second-order valence-electron chi connectivity index (χ2n) is 5.55. The van der Waals surface area contributed by atoms with Crippen LogP contribution in [0.1, 0.15) is 40.7 Å². The molecule has 0 unspecified atom stereocenters. The van der Waals surface area contributed by atoms with E-state index in [1.54, 1.807) is 0 Å². The molecule has 19 heavy (non-hydrogen) atoms. The lowest BCUT2D eigenvalue weighted by Gasteiger charge is -2.15. The second kappa shape index (κ2) is 5.74. The van der Waals surface area contributed by atoms with Crippen molar-refractivity contribution >= 4 is 5.97 Å². The molecule has 1 aromatic carbocycles. The standard InChI is InChI=1S/C16H23NO2/c1-10-7-11(2)13(4)15(12(10)3)9-19-16(18)8-17-14-5-6-14/h7,14,17H,5-6,8-9H2,1-4H3. The highest BCUT2D eigenvalue weighted by Gasteiger charge is 2.21. The summed E-state index contributed by atoms with van der Waals surface area (Å²) in [6.45, 7) is 9.09. The van der Waals surface area contributed by atoms with Crippen LogP contribution in [0.4, 0.5) is 0 Å². The van der Waals surface area contributed by atoms with Gasteiger partial charge in [0.2, 0.25) is 0 Å². The maximum atomic E-state index is 11.7. The molecule has 0 amide bonds.